The van der Waals surface area contributed by atoms with E-state index in [1.807, 2.05) is 36.5 Å². The Hall–Kier alpha value is -4.20. The number of carbonyl (C=O) groups is 2. The third-order valence-corrected chi connectivity index (χ3v) is 4.57. The van der Waals surface area contributed by atoms with Gasteiger partial charge in [-0.2, -0.15) is 5.10 Å². The summed E-state index contributed by atoms with van der Waals surface area (Å²) in [4.78, 5) is 23.7. The van der Waals surface area contributed by atoms with Gasteiger partial charge in [0.15, 0.2) is 17.2 Å². The van der Waals surface area contributed by atoms with Gasteiger partial charge in [0.1, 0.15) is 12.4 Å². The second kappa shape index (κ2) is 9.08. The highest BCUT2D eigenvalue weighted by Gasteiger charge is 2.13. The highest BCUT2D eigenvalue weighted by Crippen LogP contribution is 2.15. The van der Waals surface area contributed by atoms with E-state index in [2.05, 4.69) is 15.6 Å². The van der Waals surface area contributed by atoms with Crippen LogP contribution in [0.15, 0.2) is 77.6 Å². The second-order valence-electron chi connectivity index (χ2n) is 6.85. The molecule has 0 saturated heterocycles. The molecule has 0 aliphatic heterocycles. The van der Waals surface area contributed by atoms with E-state index in [1.165, 1.54) is 6.92 Å². The number of nitrogens with zero attached hydrogens (tertiary/aromatic N) is 3. The molecule has 0 aliphatic carbocycles. The summed E-state index contributed by atoms with van der Waals surface area (Å²) >= 11 is 0. The minimum atomic E-state index is -0.342. The van der Waals surface area contributed by atoms with Crippen molar-refractivity contribution in [3.8, 4) is 11.4 Å². The van der Waals surface area contributed by atoms with Crippen LogP contribution in [0.5, 0.6) is 5.75 Å². The molecule has 8 nitrogen and oxygen atoms in total. The van der Waals surface area contributed by atoms with E-state index in [4.69, 9.17) is 9.26 Å². The molecule has 31 heavy (non-hydrogen) atoms. The fraction of sp³-hybridized carbons (Fsp3) is 0.130. The van der Waals surface area contributed by atoms with Gasteiger partial charge in [0.25, 0.3) is 5.91 Å². The fourth-order valence-electron chi connectivity index (χ4n) is 2.93. The van der Waals surface area contributed by atoms with Gasteiger partial charge in [-0.25, -0.2) is 4.68 Å². The lowest BCUT2D eigenvalue weighted by atomic mass is 10.1. The number of amides is 1. The molecular weight excluding hydrogens is 396 g/mol. The van der Waals surface area contributed by atoms with E-state index in [9.17, 15) is 9.59 Å². The minimum absolute atomic E-state index is 0.00875. The first-order chi connectivity index (χ1) is 15.1. The van der Waals surface area contributed by atoms with Crippen molar-refractivity contribution in [1.29, 1.82) is 0 Å². The van der Waals surface area contributed by atoms with Gasteiger partial charge in [-0.1, -0.05) is 17.3 Å². The Kier molecular flexibility index (Phi) is 5.89. The molecule has 2 aromatic heterocycles. The zero-order valence-corrected chi connectivity index (χ0v) is 16.8. The smallest absolute Gasteiger partial charge is 0.273 e. The molecule has 0 saturated carbocycles. The van der Waals surface area contributed by atoms with Crippen molar-refractivity contribution in [3.63, 3.8) is 0 Å². The van der Waals surface area contributed by atoms with Crippen LogP contribution in [0.2, 0.25) is 0 Å². The molecular formula is C23H20N4O4. The number of rotatable bonds is 8. The van der Waals surface area contributed by atoms with Crippen molar-refractivity contribution in [2.24, 2.45) is 0 Å². The number of carbonyl (C=O) groups excluding carboxylic acids is 2. The Morgan fingerprint density at radius 3 is 2.68 bits per heavy atom. The van der Waals surface area contributed by atoms with E-state index in [-0.39, 0.29) is 24.0 Å². The molecule has 4 rings (SSSR count). The first kappa shape index (κ1) is 20.1. The molecule has 0 atom stereocenters. The van der Waals surface area contributed by atoms with Crippen LogP contribution in [0.3, 0.4) is 0 Å². The molecule has 0 unspecified atom stereocenters. The number of benzene rings is 2. The maximum Gasteiger partial charge on any atom is 0.273 e. The van der Waals surface area contributed by atoms with Gasteiger partial charge in [-0.15, -0.1) is 0 Å². The number of hydrogen-bond acceptors (Lipinski definition) is 6. The molecule has 8 heteroatoms. The van der Waals surface area contributed by atoms with E-state index >= 15 is 0 Å². The maximum atomic E-state index is 12.4. The molecule has 0 fully saturated rings. The molecule has 2 heterocycles. The van der Waals surface area contributed by atoms with Crippen LogP contribution in [-0.2, 0) is 13.2 Å². The number of hydrogen-bond donors (Lipinski definition) is 1. The number of Topliss-reactive ketones (excluding diaryl/α,β-unsaturated/α-hetero) is 1. The quantitative estimate of drug-likeness (QED) is 0.441. The summed E-state index contributed by atoms with van der Waals surface area (Å²) in [5.74, 6) is 0.654. The molecule has 2 aromatic carbocycles. The summed E-state index contributed by atoms with van der Waals surface area (Å²) < 4.78 is 12.6. The highest BCUT2D eigenvalue weighted by molar-refractivity contribution is 5.94. The van der Waals surface area contributed by atoms with Crippen LogP contribution in [0.4, 0.5) is 0 Å². The molecule has 0 radical (unpaired) electrons. The minimum Gasteiger partial charge on any atom is -0.486 e. The normalized spacial score (nSPS) is 10.6. The first-order valence-electron chi connectivity index (χ1n) is 9.65. The van der Waals surface area contributed by atoms with Gasteiger partial charge >= 0.3 is 0 Å². The topological polar surface area (TPSA) is 99.2 Å². The number of ether oxygens (including phenoxy) is 1. The lowest BCUT2D eigenvalue weighted by Crippen LogP contribution is -2.23. The van der Waals surface area contributed by atoms with Gasteiger partial charge in [0, 0.05) is 30.6 Å². The summed E-state index contributed by atoms with van der Waals surface area (Å²) in [6.07, 6.45) is 3.57. The van der Waals surface area contributed by atoms with Crippen molar-refractivity contribution < 1.29 is 18.8 Å². The van der Waals surface area contributed by atoms with Crippen LogP contribution >= 0.6 is 0 Å². The van der Waals surface area contributed by atoms with Crippen molar-refractivity contribution in [3.05, 3.63) is 95.6 Å². The average Bonchev–Trinajstić information content (AvgIpc) is 3.49. The zero-order valence-electron chi connectivity index (χ0n) is 16.8. The summed E-state index contributed by atoms with van der Waals surface area (Å²) in [6.45, 7) is 1.97. The van der Waals surface area contributed by atoms with Crippen LogP contribution < -0.4 is 10.1 Å². The monoisotopic (exact) mass is 416 g/mol. The van der Waals surface area contributed by atoms with Crippen LogP contribution in [0.1, 0.15) is 39.1 Å². The van der Waals surface area contributed by atoms with E-state index < -0.39 is 0 Å². The Bertz CT molecular complexity index is 1180. The molecule has 1 N–H and O–H groups in total. The summed E-state index contributed by atoms with van der Waals surface area (Å²) in [7, 11) is 0. The van der Waals surface area contributed by atoms with Crippen molar-refractivity contribution in [2.45, 2.75) is 20.1 Å². The second-order valence-corrected chi connectivity index (χ2v) is 6.85. The SMILES string of the molecule is CC(=O)c1ccc(OCc2cc(C(=O)NCc3cccc(-n4cccn4)c3)no2)cc1. The lowest BCUT2D eigenvalue weighted by Gasteiger charge is -2.06. The molecule has 0 spiro atoms. The van der Waals surface area contributed by atoms with Gasteiger partial charge in [0.2, 0.25) is 0 Å². The van der Waals surface area contributed by atoms with E-state index in [1.54, 1.807) is 41.2 Å². The van der Waals surface area contributed by atoms with Gasteiger partial charge in [-0.3, -0.25) is 9.59 Å². The molecule has 0 aliphatic rings. The van der Waals surface area contributed by atoms with Crippen molar-refractivity contribution in [2.75, 3.05) is 0 Å². The Morgan fingerprint density at radius 2 is 1.94 bits per heavy atom. The van der Waals surface area contributed by atoms with Crippen molar-refractivity contribution in [1.82, 2.24) is 20.3 Å². The Morgan fingerprint density at radius 1 is 1.10 bits per heavy atom. The standard InChI is InChI=1S/C23H20N4O4/c1-16(28)18-6-8-20(9-7-18)30-15-21-13-22(26-31-21)23(29)24-14-17-4-2-5-19(12-17)27-11-3-10-25-27/h2-13H,14-15H2,1H3,(H,24,29). The number of nitrogens with one attached hydrogen (secondary N) is 1. The third-order valence-electron chi connectivity index (χ3n) is 4.57. The van der Waals surface area contributed by atoms with Crippen molar-refractivity contribution >= 4 is 11.7 Å². The van der Waals surface area contributed by atoms with E-state index in [0.717, 1.165) is 11.3 Å². The molecule has 156 valence electrons. The molecule has 4 aromatic rings. The van der Waals surface area contributed by atoms with Crippen LogP contribution in [0, 0.1) is 0 Å². The van der Waals surface area contributed by atoms with E-state index in [0.29, 0.717) is 23.6 Å². The largest absolute Gasteiger partial charge is 0.486 e. The Balaban J connectivity index is 1.31. The third kappa shape index (κ3) is 5.05. The molecule has 1 amide bonds. The summed E-state index contributed by atoms with van der Waals surface area (Å²) in [5, 5.41) is 10.8. The average molecular weight is 416 g/mol. The fourth-order valence-corrected chi connectivity index (χ4v) is 2.93. The highest BCUT2D eigenvalue weighted by atomic mass is 16.5. The Labute approximate surface area is 178 Å². The predicted molar refractivity (Wildman–Crippen MR) is 112 cm³/mol. The van der Waals surface area contributed by atoms with Gasteiger partial charge in [-0.05, 0) is 55.0 Å². The molecule has 0 bridgehead atoms. The summed E-state index contributed by atoms with van der Waals surface area (Å²) in [5.41, 5.74) is 2.63. The summed E-state index contributed by atoms with van der Waals surface area (Å²) in [6, 6.07) is 17.9. The maximum absolute atomic E-state index is 12.4. The van der Waals surface area contributed by atoms with Gasteiger partial charge < -0.3 is 14.6 Å². The number of aromatic nitrogens is 3. The zero-order chi connectivity index (χ0) is 21.6. The predicted octanol–water partition coefficient (Wildman–Crippen LogP) is 3.57. The van der Waals surface area contributed by atoms with Crippen LogP contribution in [-0.4, -0.2) is 26.6 Å². The number of ketones is 1. The van der Waals surface area contributed by atoms with Gasteiger partial charge in [0.05, 0.1) is 5.69 Å². The lowest BCUT2D eigenvalue weighted by molar-refractivity contribution is 0.0940. The van der Waals surface area contributed by atoms with Crippen LogP contribution in [0.25, 0.3) is 5.69 Å². The first-order valence-corrected chi connectivity index (χ1v) is 9.65.